The average molecular weight is 421 g/mol. The molecule has 1 saturated heterocycles. The van der Waals surface area contributed by atoms with Gasteiger partial charge in [-0.25, -0.2) is 0 Å². The highest BCUT2D eigenvalue weighted by molar-refractivity contribution is 5.93. The lowest BCUT2D eigenvalue weighted by Crippen LogP contribution is -2.40. The molecule has 0 radical (unpaired) electrons. The van der Waals surface area contributed by atoms with E-state index in [1.807, 2.05) is 21.7 Å². The summed E-state index contributed by atoms with van der Waals surface area (Å²) in [4.78, 5) is 18.9. The largest absolute Gasteiger partial charge is 0.497 e. The summed E-state index contributed by atoms with van der Waals surface area (Å²) in [5.74, 6) is 1.98. The standard InChI is InChI=1S/C25H32N4O2/c1-25(2,3)29-23(14-22(27-29)17-5-6-17)24(30)28-11-9-16(10-12-28)20-15-26-21-8-7-18(31-4)13-19(20)21/h7-8,13-17,26H,5-6,9-12H2,1-4H3. The lowest BCUT2D eigenvalue weighted by atomic mass is 9.89. The van der Waals surface area contributed by atoms with E-state index in [-0.39, 0.29) is 11.4 Å². The van der Waals surface area contributed by atoms with Crippen LogP contribution in [-0.2, 0) is 5.54 Å². The molecule has 5 rings (SSSR count). The molecule has 1 aliphatic carbocycles. The maximum Gasteiger partial charge on any atom is 0.272 e. The van der Waals surface area contributed by atoms with Gasteiger partial charge in [-0.1, -0.05) is 0 Å². The number of hydrogen-bond acceptors (Lipinski definition) is 3. The number of likely N-dealkylation sites (tertiary alicyclic amines) is 1. The third-order valence-electron chi connectivity index (χ3n) is 6.72. The smallest absolute Gasteiger partial charge is 0.272 e. The van der Waals surface area contributed by atoms with Crippen LogP contribution in [-0.4, -0.2) is 45.8 Å². The minimum atomic E-state index is -0.209. The number of ether oxygens (including phenoxy) is 1. The van der Waals surface area contributed by atoms with Crippen molar-refractivity contribution in [3.05, 3.63) is 47.4 Å². The second-order valence-electron chi connectivity index (χ2n) is 10.0. The Bertz CT molecular complexity index is 1110. The van der Waals surface area contributed by atoms with Crippen LogP contribution < -0.4 is 4.74 Å². The van der Waals surface area contributed by atoms with E-state index in [2.05, 4.69) is 44.1 Å². The van der Waals surface area contributed by atoms with Gasteiger partial charge in [0.2, 0.25) is 0 Å². The van der Waals surface area contributed by atoms with Crippen LogP contribution >= 0.6 is 0 Å². The maximum absolute atomic E-state index is 13.5. The number of nitrogens with one attached hydrogen (secondary N) is 1. The first kappa shape index (κ1) is 20.2. The minimum Gasteiger partial charge on any atom is -0.497 e. The van der Waals surface area contributed by atoms with E-state index in [0.29, 0.717) is 11.8 Å². The molecule has 1 aromatic carbocycles. The molecule has 0 bridgehead atoms. The number of benzene rings is 1. The van der Waals surface area contributed by atoms with Crippen LogP contribution in [0.15, 0.2) is 30.5 Å². The van der Waals surface area contributed by atoms with Crippen molar-refractivity contribution in [2.75, 3.05) is 20.2 Å². The van der Waals surface area contributed by atoms with Gasteiger partial charge >= 0.3 is 0 Å². The number of H-pyrrole nitrogens is 1. The molecular weight excluding hydrogens is 388 g/mol. The summed E-state index contributed by atoms with van der Waals surface area (Å²) in [5.41, 5.74) is 4.08. The third kappa shape index (κ3) is 3.73. The molecule has 3 heterocycles. The SMILES string of the molecule is COc1ccc2[nH]cc(C3CCN(C(=O)c4cc(C5CC5)nn4C(C)(C)C)CC3)c2c1. The number of aromatic amines is 1. The monoisotopic (exact) mass is 420 g/mol. The predicted octanol–water partition coefficient (Wildman–Crippen LogP) is 5.03. The van der Waals surface area contributed by atoms with E-state index in [9.17, 15) is 4.79 Å². The quantitative estimate of drug-likeness (QED) is 0.644. The van der Waals surface area contributed by atoms with Gasteiger partial charge in [0.05, 0.1) is 18.3 Å². The number of methoxy groups -OCH3 is 1. The maximum atomic E-state index is 13.5. The number of aromatic nitrogens is 3. The summed E-state index contributed by atoms with van der Waals surface area (Å²) in [6.45, 7) is 7.89. The van der Waals surface area contributed by atoms with E-state index in [1.165, 1.54) is 23.8 Å². The fourth-order valence-electron chi connectivity index (χ4n) is 4.78. The Morgan fingerprint density at radius 3 is 2.48 bits per heavy atom. The van der Waals surface area contributed by atoms with Crippen molar-refractivity contribution in [3.63, 3.8) is 0 Å². The molecule has 2 aliphatic rings. The molecule has 31 heavy (non-hydrogen) atoms. The first-order chi connectivity index (χ1) is 14.8. The van der Waals surface area contributed by atoms with Gasteiger partial charge in [-0.15, -0.1) is 0 Å². The highest BCUT2D eigenvalue weighted by atomic mass is 16.5. The van der Waals surface area contributed by atoms with Gasteiger partial charge in [0.15, 0.2) is 0 Å². The van der Waals surface area contributed by atoms with Crippen LogP contribution in [0, 0.1) is 0 Å². The first-order valence-electron chi connectivity index (χ1n) is 11.4. The third-order valence-corrected chi connectivity index (χ3v) is 6.72. The highest BCUT2D eigenvalue weighted by Gasteiger charge is 2.34. The molecule has 6 nitrogen and oxygen atoms in total. The molecule has 1 amide bonds. The van der Waals surface area contributed by atoms with E-state index in [4.69, 9.17) is 9.84 Å². The molecule has 0 spiro atoms. The number of fused-ring (bicyclic) bond motifs is 1. The van der Waals surface area contributed by atoms with Crippen molar-refractivity contribution in [2.45, 2.75) is 63.8 Å². The molecule has 0 unspecified atom stereocenters. The number of rotatable bonds is 4. The summed E-state index contributed by atoms with van der Waals surface area (Å²) in [5, 5.41) is 6.04. The molecular formula is C25H32N4O2. The van der Waals surface area contributed by atoms with Crippen molar-refractivity contribution in [3.8, 4) is 5.75 Å². The molecule has 3 aromatic rings. The average Bonchev–Trinajstić information content (AvgIpc) is 3.36. The Morgan fingerprint density at radius 1 is 1.10 bits per heavy atom. The number of piperidine rings is 1. The van der Waals surface area contributed by atoms with Gasteiger partial charge in [-0.05, 0) is 82.2 Å². The van der Waals surface area contributed by atoms with E-state index >= 15 is 0 Å². The fraction of sp³-hybridized carbons (Fsp3) is 0.520. The Morgan fingerprint density at radius 2 is 1.84 bits per heavy atom. The first-order valence-corrected chi connectivity index (χ1v) is 11.4. The molecule has 6 heteroatoms. The van der Waals surface area contributed by atoms with Crippen molar-refractivity contribution < 1.29 is 9.53 Å². The highest BCUT2D eigenvalue weighted by Crippen LogP contribution is 2.40. The second kappa shape index (κ2) is 7.43. The Balaban J connectivity index is 1.34. The summed E-state index contributed by atoms with van der Waals surface area (Å²) >= 11 is 0. The minimum absolute atomic E-state index is 0.119. The van der Waals surface area contributed by atoms with Crippen LogP contribution in [0.3, 0.4) is 0 Å². The number of carbonyl (C=O) groups excluding carboxylic acids is 1. The molecule has 2 aromatic heterocycles. The normalized spacial score (nSPS) is 18.0. The topological polar surface area (TPSA) is 63.1 Å². The van der Waals surface area contributed by atoms with Gasteiger partial charge in [0.25, 0.3) is 5.91 Å². The van der Waals surface area contributed by atoms with Crippen molar-refractivity contribution in [1.29, 1.82) is 0 Å². The molecule has 1 saturated carbocycles. The lowest BCUT2D eigenvalue weighted by Gasteiger charge is -2.33. The molecule has 2 fully saturated rings. The van der Waals surface area contributed by atoms with Gasteiger partial charge in [0.1, 0.15) is 11.4 Å². The van der Waals surface area contributed by atoms with Crippen molar-refractivity contribution in [2.24, 2.45) is 0 Å². The van der Waals surface area contributed by atoms with Crippen LogP contribution in [0.4, 0.5) is 0 Å². The van der Waals surface area contributed by atoms with Crippen LogP contribution in [0.2, 0.25) is 0 Å². The lowest BCUT2D eigenvalue weighted by molar-refractivity contribution is 0.0692. The molecule has 1 N–H and O–H groups in total. The van der Waals surface area contributed by atoms with Crippen LogP contribution in [0.5, 0.6) is 5.75 Å². The van der Waals surface area contributed by atoms with Crippen molar-refractivity contribution in [1.82, 2.24) is 19.7 Å². The zero-order valence-electron chi connectivity index (χ0n) is 18.9. The van der Waals surface area contributed by atoms with Gasteiger partial charge in [-0.2, -0.15) is 5.10 Å². The molecule has 164 valence electrons. The van der Waals surface area contributed by atoms with E-state index in [0.717, 1.165) is 48.6 Å². The van der Waals surface area contributed by atoms with E-state index in [1.54, 1.807) is 7.11 Å². The fourth-order valence-corrected chi connectivity index (χ4v) is 4.78. The zero-order valence-corrected chi connectivity index (χ0v) is 18.9. The Kier molecular flexibility index (Phi) is 4.83. The summed E-state index contributed by atoms with van der Waals surface area (Å²) in [6, 6.07) is 8.21. The predicted molar refractivity (Wildman–Crippen MR) is 122 cm³/mol. The summed E-state index contributed by atoms with van der Waals surface area (Å²) in [7, 11) is 1.70. The number of carbonyl (C=O) groups is 1. The van der Waals surface area contributed by atoms with E-state index < -0.39 is 0 Å². The van der Waals surface area contributed by atoms with Crippen molar-refractivity contribution >= 4 is 16.8 Å². The Labute approximate surface area is 183 Å². The second-order valence-corrected chi connectivity index (χ2v) is 10.0. The van der Waals surface area contributed by atoms with Gasteiger partial charge in [0, 0.05) is 36.1 Å². The Hall–Kier alpha value is -2.76. The van der Waals surface area contributed by atoms with Crippen LogP contribution in [0.1, 0.15) is 80.0 Å². The number of nitrogens with zero attached hydrogens (tertiary/aromatic N) is 3. The number of amides is 1. The number of hydrogen-bond donors (Lipinski definition) is 1. The van der Waals surface area contributed by atoms with Gasteiger partial charge in [-0.3, -0.25) is 9.48 Å². The molecule has 0 atom stereocenters. The van der Waals surface area contributed by atoms with Crippen LogP contribution in [0.25, 0.3) is 10.9 Å². The molecule has 1 aliphatic heterocycles. The zero-order chi connectivity index (χ0) is 21.8. The van der Waals surface area contributed by atoms with Gasteiger partial charge < -0.3 is 14.6 Å². The summed E-state index contributed by atoms with van der Waals surface area (Å²) < 4.78 is 7.36. The summed E-state index contributed by atoms with van der Waals surface area (Å²) in [6.07, 6.45) is 6.44.